The summed E-state index contributed by atoms with van der Waals surface area (Å²) in [4.78, 5) is 26.0. The van der Waals surface area contributed by atoms with Crippen LogP contribution in [0.3, 0.4) is 0 Å². The van der Waals surface area contributed by atoms with Crippen molar-refractivity contribution in [3.8, 4) is 0 Å². The van der Waals surface area contributed by atoms with E-state index in [1.807, 2.05) is 0 Å². The van der Waals surface area contributed by atoms with Crippen LogP contribution in [0.5, 0.6) is 0 Å². The fourth-order valence-corrected chi connectivity index (χ4v) is 3.04. The van der Waals surface area contributed by atoms with Crippen LogP contribution >= 0.6 is 0 Å². The third kappa shape index (κ3) is 4.05. The number of hydrazone groups is 1. The van der Waals surface area contributed by atoms with E-state index in [1.54, 1.807) is 17.0 Å². The predicted octanol–water partition coefficient (Wildman–Crippen LogP) is 0.140. The highest BCUT2D eigenvalue weighted by Crippen LogP contribution is 2.26. The van der Waals surface area contributed by atoms with Crippen molar-refractivity contribution in [2.75, 3.05) is 37.5 Å². The normalized spacial score (nSPS) is 17.2. The molecule has 1 aromatic heterocycles. The third-order valence-corrected chi connectivity index (χ3v) is 4.25. The number of aromatic amines is 1. The molecular formula is C16H24N6O3. The summed E-state index contributed by atoms with van der Waals surface area (Å²) in [6.07, 6.45) is 3.27. The summed E-state index contributed by atoms with van der Waals surface area (Å²) in [6, 6.07) is -0.181. The van der Waals surface area contributed by atoms with Crippen LogP contribution in [-0.4, -0.2) is 60.6 Å². The lowest BCUT2D eigenvalue weighted by molar-refractivity contribution is -0.127. The maximum Gasteiger partial charge on any atom is 0.290 e. The monoisotopic (exact) mass is 348 g/mol. The van der Waals surface area contributed by atoms with Gasteiger partial charge >= 0.3 is 0 Å². The Balaban J connectivity index is 2.38. The number of H-pyrrole nitrogens is 1. The molecule has 25 heavy (non-hydrogen) atoms. The van der Waals surface area contributed by atoms with Crippen LogP contribution in [0.1, 0.15) is 18.4 Å². The summed E-state index contributed by atoms with van der Waals surface area (Å²) in [5.74, 6) is 0.0756. The highest BCUT2D eigenvalue weighted by molar-refractivity contribution is 5.87. The van der Waals surface area contributed by atoms with Crippen molar-refractivity contribution in [1.82, 2.24) is 15.1 Å². The van der Waals surface area contributed by atoms with Gasteiger partial charge in [-0.25, -0.2) is 5.10 Å². The number of anilines is 2. The highest BCUT2D eigenvalue weighted by Gasteiger charge is 2.30. The molecule has 1 amide bonds. The maximum absolute atomic E-state index is 12.4. The zero-order valence-corrected chi connectivity index (χ0v) is 14.4. The molecule has 0 bridgehead atoms. The molecule has 1 aliphatic rings. The molecule has 1 saturated heterocycles. The second kappa shape index (κ2) is 8.43. The summed E-state index contributed by atoms with van der Waals surface area (Å²) in [6.45, 7) is 8.59. The van der Waals surface area contributed by atoms with Crippen molar-refractivity contribution in [3.05, 3.63) is 28.6 Å². The van der Waals surface area contributed by atoms with E-state index in [9.17, 15) is 9.59 Å². The molecule has 136 valence electrons. The molecule has 1 aliphatic heterocycles. The molecule has 1 fully saturated rings. The molecule has 0 unspecified atom stereocenters. The lowest BCUT2D eigenvalue weighted by Crippen LogP contribution is -2.49. The van der Waals surface area contributed by atoms with E-state index in [0.717, 1.165) is 12.8 Å². The average Bonchev–Trinajstić information content (AvgIpc) is 2.64. The zero-order valence-electron chi connectivity index (χ0n) is 14.4. The number of hydrogen-bond donors (Lipinski definition) is 2. The molecule has 0 radical (unpaired) electrons. The smallest absolute Gasteiger partial charge is 0.290 e. The van der Waals surface area contributed by atoms with Gasteiger partial charge in [-0.3, -0.25) is 14.6 Å². The SMILES string of the molecule is C=CC(=O)N1CCC[C@@H](N(N=C)c2c(CCOC)c(N)n[nH]c2=O)C1. The zero-order chi connectivity index (χ0) is 18.4. The van der Waals surface area contributed by atoms with Crippen LogP contribution in [-0.2, 0) is 16.0 Å². The number of amides is 1. The standard InChI is InChI=1S/C16H24N6O3/c1-4-13(23)21-8-5-6-11(10-21)22(18-2)14-12(7-9-25-3)15(17)19-20-16(14)24/h4,11H,1-2,5-10H2,3H3,(H2,17,19)(H,20,24)/t11-/m1/s1. The number of ether oxygens (including phenoxy) is 1. The first-order chi connectivity index (χ1) is 12.0. The van der Waals surface area contributed by atoms with E-state index in [4.69, 9.17) is 10.5 Å². The number of methoxy groups -OCH3 is 1. The second-order valence-electron chi connectivity index (χ2n) is 5.78. The largest absolute Gasteiger partial charge is 0.384 e. The first-order valence-corrected chi connectivity index (χ1v) is 8.06. The van der Waals surface area contributed by atoms with Gasteiger partial charge in [0.2, 0.25) is 5.91 Å². The Morgan fingerprint density at radius 3 is 3.04 bits per heavy atom. The number of carbonyl (C=O) groups is 1. The Hall–Kier alpha value is -2.68. The molecule has 2 heterocycles. The Kier molecular flexibility index (Phi) is 6.29. The van der Waals surface area contributed by atoms with Crippen LogP contribution in [0.25, 0.3) is 0 Å². The van der Waals surface area contributed by atoms with Gasteiger partial charge in [0.1, 0.15) is 11.5 Å². The Morgan fingerprint density at radius 1 is 1.64 bits per heavy atom. The lowest BCUT2D eigenvalue weighted by Gasteiger charge is -2.37. The fourth-order valence-electron chi connectivity index (χ4n) is 3.04. The summed E-state index contributed by atoms with van der Waals surface area (Å²) in [5.41, 5.74) is 6.41. The quantitative estimate of drug-likeness (QED) is 0.411. The molecule has 1 atom stereocenters. The Bertz CT molecular complexity index is 702. The summed E-state index contributed by atoms with van der Waals surface area (Å²) in [7, 11) is 1.57. The van der Waals surface area contributed by atoms with E-state index in [-0.39, 0.29) is 17.8 Å². The van der Waals surface area contributed by atoms with Gasteiger partial charge in [0.25, 0.3) is 5.56 Å². The number of carbonyl (C=O) groups excluding carboxylic acids is 1. The van der Waals surface area contributed by atoms with Crippen LogP contribution in [0.15, 0.2) is 22.6 Å². The number of nitrogen functional groups attached to an aromatic ring is 1. The van der Waals surface area contributed by atoms with Crippen molar-refractivity contribution in [2.45, 2.75) is 25.3 Å². The lowest BCUT2D eigenvalue weighted by atomic mass is 10.0. The van der Waals surface area contributed by atoms with Crippen LogP contribution < -0.4 is 16.3 Å². The number of nitrogens with two attached hydrogens (primary N) is 1. The van der Waals surface area contributed by atoms with Gasteiger partial charge in [-0.15, -0.1) is 0 Å². The minimum atomic E-state index is -0.403. The van der Waals surface area contributed by atoms with E-state index >= 15 is 0 Å². The van der Waals surface area contributed by atoms with Gasteiger partial charge in [0.05, 0.1) is 12.6 Å². The van der Waals surface area contributed by atoms with E-state index in [2.05, 4.69) is 28.6 Å². The highest BCUT2D eigenvalue weighted by atomic mass is 16.5. The van der Waals surface area contributed by atoms with Gasteiger partial charge in [-0.1, -0.05) is 6.58 Å². The first-order valence-electron chi connectivity index (χ1n) is 8.06. The average molecular weight is 348 g/mol. The number of nitrogens with zero attached hydrogens (tertiary/aromatic N) is 4. The molecular weight excluding hydrogens is 324 g/mol. The molecule has 0 aliphatic carbocycles. The topological polar surface area (TPSA) is 117 Å². The third-order valence-electron chi connectivity index (χ3n) is 4.25. The van der Waals surface area contributed by atoms with Crippen molar-refractivity contribution in [2.24, 2.45) is 5.10 Å². The van der Waals surface area contributed by atoms with Crippen molar-refractivity contribution in [1.29, 1.82) is 0 Å². The van der Waals surface area contributed by atoms with Crippen LogP contribution in [0.2, 0.25) is 0 Å². The van der Waals surface area contributed by atoms with Gasteiger partial charge in [0.15, 0.2) is 0 Å². The second-order valence-corrected chi connectivity index (χ2v) is 5.78. The van der Waals surface area contributed by atoms with Crippen molar-refractivity contribution >= 4 is 24.1 Å². The van der Waals surface area contributed by atoms with Crippen molar-refractivity contribution < 1.29 is 9.53 Å². The van der Waals surface area contributed by atoms with E-state index in [0.29, 0.717) is 37.4 Å². The summed E-state index contributed by atoms with van der Waals surface area (Å²) in [5, 5.41) is 11.8. The fraction of sp³-hybridized carbons (Fsp3) is 0.500. The number of nitrogens with one attached hydrogen (secondary N) is 1. The maximum atomic E-state index is 12.4. The van der Waals surface area contributed by atoms with E-state index in [1.165, 1.54) is 6.08 Å². The molecule has 0 aromatic carbocycles. The minimum absolute atomic E-state index is 0.142. The summed E-state index contributed by atoms with van der Waals surface area (Å²) >= 11 is 0. The number of aromatic nitrogens is 2. The molecule has 0 saturated carbocycles. The Morgan fingerprint density at radius 2 is 2.40 bits per heavy atom. The predicted molar refractivity (Wildman–Crippen MR) is 96.7 cm³/mol. The van der Waals surface area contributed by atoms with Crippen LogP contribution in [0, 0.1) is 0 Å². The van der Waals surface area contributed by atoms with E-state index < -0.39 is 5.56 Å². The number of hydrogen-bond acceptors (Lipinski definition) is 7. The molecule has 1 aromatic rings. The van der Waals surface area contributed by atoms with Crippen molar-refractivity contribution in [3.63, 3.8) is 0 Å². The van der Waals surface area contributed by atoms with Gasteiger partial charge < -0.3 is 15.4 Å². The summed E-state index contributed by atoms with van der Waals surface area (Å²) < 4.78 is 5.09. The van der Waals surface area contributed by atoms with Crippen LogP contribution in [0.4, 0.5) is 11.5 Å². The first kappa shape index (κ1) is 18.7. The molecule has 2 rings (SSSR count). The minimum Gasteiger partial charge on any atom is -0.384 e. The molecule has 3 N–H and O–H groups in total. The Labute approximate surface area is 146 Å². The van der Waals surface area contributed by atoms with Gasteiger partial charge in [-0.05, 0) is 18.9 Å². The molecule has 9 heteroatoms. The van der Waals surface area contributed by atoms with Gasteiger partial charge in [-0.2, -0.15) is 10.2 Å². The number of piperidine rings is 1. The molecule has 0 spiro atoms. The number of likely N-dealkylation sites (tertiary alicyclic amines) is 1. The number of rotatable bonds is 7. The molecule has 9 nitrogen and oxygen atoms in total. The van der Waals surface area contributed by atoms with Gasteiger partial charge in [0, 0.05) is 38.9 Å².